The number of aromatic nitrogens is 2. The number of fused-ring (bicyclic) bond motifs is 1. The average Bonchev–Trinajstić information content (AvgIpc) is 2.58. The number of nitrogens with zero attached hydrogens (tertiary/aromatic N) is 3. The van der Waals surface area contributed by atoms with Crippen LogP contribution in [0.2, 0.25) is 0 Å². The van der Waals surface area contributed by atoms with Crippen LogP contribution in [0, 0.1) is 0 Å². The Hall–Kier alpha value is -1.16. The Bertz CT molecular complexity index is 352. The highest BCUT2D eigenvalue weighted by Gasteiger charge is 2.20. The van der Waals surface area contributed by atoms with E-state index in [1.165, 1.54) is 5.56 Å². The zero-order valence-electron chi connectivity index (χ0n) is 9.53. The fraction of sp³-hybridized carbons (Fsp3) is 0.636. The summed E-state index contributed by atoms with van der Waals surface area (Å²) < 4.78 is 5.47. The fourth-order valence-electron chi connectivity index (χ4n) is 1.69. The minimum Gasteiger partial charge on any atom is -0.461 e. The van der Waals surface area contributed by atoms with Gasteiger partial charge in [-0.2, -0.15) is 4.98 Å². The molecule has 0 radical (unpaired) electrons. The van der Waals surface area contributed by atoms with Gasteiger partial charge in [0.15, 0.2) is 0 Å². The third-order valence-corrected chi connectivity index (χ3v) is 2.49. The van der Waals surface area contributed by atoms with Crippen LogP contribution in [0.5, 0.6) is 6.01 Å². The van der Waals surface area contributed by atoms with Crippen molar-refractivity contribution in [3.8, 4) is 6.01 Å². The molecule has 0 bridgehead atoms. The molecule has 4 nitrogen and oxygen atoms in total. The smallest absolute Gasteiger partial charge is 0.316 e. The van der Waals surface area contributed by atoms with E-state index in [0.29, 0.717) is 6.01 Å². The molecule has 82 valence electrons. The lowest BCUT2D eigenvalue weighted by Crippen LogP contribution is -2.14. The van der Waals surface area contributed by atoms with Crippen molar-refractivity contribution in [1.29, 1.82) is 0 Å². The maximum atomic E-state index is 5.47. The van der Waals surface area contributed by atoms with Gasteiger partial charge in [-0.1, -0.05) is 6.92 Å². The molecule has 0 unspecified atom stereocenters. The van der Waals surface area contributed by atoms with Gasteiger partial charge in [0.2, 0.25) is 0 Å². The standard InChI is InChI=1S/C11H17N3O/c1-4-14-6-9-5-12-11(15-8(2)3)13-10(9)7-14/h5,8H,4,6-7H2,1-3H3. The van der Waals surface area contributed by atoms with Crippen molar-refractivity contribution in [2.75, 3.05) is 6.54 Å². The number of rotatable bonds is 3. The minimum atomic E-state index is 0.131. The van der Waals surface area contributed by atoms with Crippen LogP contribution in [-0.4, -0.2) is 27.5 Å². The van der Waals surface area contributed by atoms with E-state index in [1.54, 1.807) is 0 Å². The summed E-state index contributed by atoms with van der Waals surface area (Å²) in [6.45, 7) is 9.06. The SMILES string of the molecule is CCN1Cc2cnc(OC(C)C)nc2C1. The summed E-state index contributed by atoms with van der Waals surface area (Å²) >= 11 is 0. The van der Waals surface area contributed by atoms with E-state index in [4.69, 9.17) is 4.74 Å². The van der Waals surface area contributed by atoms with Crippen LogP contribution in [0.4, 0.5) is 0 Å². The number of hydrogen-bond acceptors (Lipinski definition) is 4. The summed E-state index contributed by atoms with van der Waals surface area (Å²) in [5.74, 6) is 0. The first-order chi connectivity index (χ1) is 7.19. The second-order valence-corrected chi connectivity index (χ2v) is 4.09. The van der Waals surface area contributed by atoms with E-state index >= 15 is 0 Å². The van der Waals surface area contributed by atoms with Crippen molar-refractivity contribution in [3.05, 3.63) is 17.5 Å². The Kier molecular flexibility index (Phi) is 2.86. The first-order valence-corrected chi connectivity index (χ1v) is 5.43. The molecule has 4 heteroatoms. The van der Waals surface area contributed by atoms with Crippen LogP contribution in [0.15, 0.2) is 6.20 Å². The molecule has 15 heavy (non-hydrogen) atoms. The third kappa shape index (κ3) is 2.26. The monoisotopic (exact) mass is 207 g/mol. The lowest BCUT2D eigenvalue weighted by molar-refractivity contribution is 0.221. The highest BCUT2D eigenvalue weighted by molar-refractivity contribution is 5.23. The summed E-state index contributed by atoms with van der Waals surface area (Å²) in [5, 5.41) is 0. The summed E-state index contributed by atoms with van der Waals surface area (Å²) in [4.78, 5) is 10.9. The molecule has 0 spiro atoms. The number of hydrogen-bond donors (Lipinski definition) is 0. The Balaban J connectivity index is 2.15. The lowest BCUT2D eigenvalue weighted by atomic mass is 10.3. The Morgan fingerprint density at radius 1 is 1.47 bits per heavy atom. The highest BCUT2D eigenvalue weighted by Crippen LogP contribution is 2.21. The van der Waals surface area contributed by atoms with Crippen molar-refractivity contribution in [3.63, 3.8) is 0 Å². The van der Waals surface area contributed by atoms with Crippen molar-refractivity contribution in [2.24, 2.45) is 0 Å². The van der Waals surface area contributed by atoms with Crippen molar-refractivity contribution in [1.82, 2.24) is 14.9 Å². The predicted octanol–water partition coefficient (Wildman–Crippen LogP) is 1.60. The lowest BCUT2D eigenvalue weighted by Gasteiger charge is -2.09. The Morgan fingerprint density at radius 3 is 2.93 bits per heavy atom. The molecule has 2 heterocycles. The summed E-state index contributed by atoms with van der Waals surface area (Å²) in [6, 6.07) is 0.502. The fourth-order valence-corrected chi connectivity index (χ4v) is 1.69. The van der Waals surface area contributed by atoms with Gasteiger partial charge in [-0.05, 0) is 20.4 Å². The van der Waals surface area contributed by atoms with Gasteiger partial charge in [-0.3, -0.25) is 4.90 Å². The van der Waals surface area contributed by atoms with Crippen molar-refractivity contribution < 1.29 is 4.74 Å². The molecule has 1 aliphatic heterocycles. The first-order valence-electron chi connectivity index (χ1n) is 5.43. The van der Waals surface area contributed by atoms with Crippen LogP contribution in [-0.2, 0) is 13.1 Å². The van der Waals surface area contributed by atoms with Crippen molar-refractivity contribution in [2.45, 2.75) is 40.0 Å². The quantitative estimate of drug-likeness (QED) is 0.754. The first kappa shape index (κ1) is 10.4. The van der Waals surface area contributed by atoms with Gasteiger partial charge >= 0.3 is 6.01 Å². The predicted molar refractivity (Wildman–Crippen MR) is 57.6 cm³/mol. The van der Waals surface area contributed by atoms with Gasteiger partial charge < -0.3 is 4.74 Å². The van der Waals surface area contributed by atoms with E-state index < -0.39 is 0 Å². The average molecular weight is 207 g/mol. The topological polar surface area (TPSA) is 38.2 Å². The van der Waals surface area contributed by atoms with Crippen LogP contribution in [0.1, 0.15) is 32.0 Å². The molecule has 2 rings (SSSR count). The molecule has 0 aromatic carbocycles. The zero-order valence-corrected chi connectivity index (χ0v) is 9.53. The molecular weight excluding hydrogens is 190 g/mol. The normalized spacial score (nSPS) is 15.7. The molecule has 0 N–H and O–H groups in total. The van der Waals surface area contributed by atoms with Gasteiger partial charge in [-0.15, -0.1) is 0 Å². The molecule has 1 aromatic rings. The summed E-state index contributed by atoms with van der Waals surface area (Å²) in [6.07, 6.45) is 2.02. The van der Waals surface area contributed by atoms with Crippen LogP contribution in [0.25, 0.3) is 0 Å². The largest absolute Gasteiger partial charge is 0.461 e. The molecule has 0 aliphatic carbocycles. The molecule has 0 fully saturated rings. The second-order valence-electron chi connectivity index (χ2n) is 4.09. The van der Waals surface area contributed by atoms with Gasteiger partial charge in [-0.25, -0.2) is 4.98 Å². The molecule has 0 saturated carbocycles. The summed E-state index contributed by atoms with van der Waals surface area (Å²) in [5.41, 5.74) is 2.34. The summed E-state index contributed by atoms with van der Waals surface area (Å²) in [7, 11) is 0. The molecule has 1 aromatic heterocycles. The van der Waals surface area contributed by atoms with E-state index in [2.05, 4.69) is 21.8 Å². The molecule has 0 atom stereocenters. The van der Waals surface area contributed by atoms with Crippen LogP contribution in [0.3, 0.4) is 0 Å². The minimum absolute atomic E-state index is 0.131. The van der Waals surface area contributed by atoms with E-state index in [0.717, 1.165) is 25.3 Å². The Morgan fingerprint density at radius 2 is 2.27 bits per heavy atom. The van der Waals surface area contributed by atoms with Gasteiger partial charge in [0, 0.05) is 24.8 Å². The Labute approximate surface area is 90.3 Å². The maximum Gasteiger partial charge on any atom is 0.316 e. The van der Waals surface area contributed by atoms with Gasteiger partial charge in [0.25, 0.3) is 0 Å². The third-order valence-electron chi connectivity index (χ3n) is 2.49. The number of ether oxygens (including phenoxy) is 1. The van der Waals surface area contributed by atoms with E-state index in [-0.39, 0.29) is 6.10 Å². The highest BCUT2D eigenvalue weighted by atomic mass is 16.5. The zero-order chi connectivity index (χ0) is 10.8. The van der Waals surface area contributed by atoms with Crippen LogP contribution < -0.4 is 4.74 Å². The molecule has 0 amide bonds. The maximum absolute atomic E-state index is 5.47. The van der Waals surface area contributed by atoms with E-state index in [9.17, 15) is 0 Å². The molecule has 1 aliphatic rings. The van der Waals surface area contributed by atoms with Gasteiger partial charge in [0.1, 0.15) is 0 Å². The van der Waals surface area contributed by atoms with Crippen LogP contribution >= 0.6 is 0 Å². The molecule has 0 saturated heterocycles. The molecular formula is C11H17N3O. The second kappa shape index (κ2) is 4.14. The van der Waals surface area contributed by atoms with E-state index in [1.807, 2.05) is 20.0 Å². The van der Waals surface area contributed by atoms with Crippen molar-refractivity contribution >= 4 is 0 Å². The van der Waals surface area contributed by atoms with Gasteiger partial charge in [0.05, 0.1) is 11.8 Å².